The normalized spacial score (nSPS) is 14.1. The van der Waals surface area contributed by atoms with Crippen LogP contribution in [-0.4, -0.2) is 112 Å². The number of phenolic OH excluding ortho intramolecular Hbond substituents is 2. The second kappa shape index (κ2) is 46.8. The Bertz CT molecular complexity index is 7740. The number of aromatic nitrogens is 5. The van der Waals surface area contributed by atoms with Gasteiger partial charge in [0, 0.05) is 92.9 Å². The molecular weight excluding hydrogens is 2040 g/mol. The van der Waals surface area contributed by atoms with Crippen LogP contribution in [0.3, 0.4) is 0 Å². The minimum Gasteiger partial charge on any atom is -0.508 e. The van der Waals surface area contributed by atoms with Gasteiger partial charge in [0.05, 0.1) is 180 Å². The molecule has 150 heavy (non-hydrogen) atoms. The highest BCUT2D eigenvalue weighted by atomic mass is 32.2. The topological polar surface area (TPSA) is 494 Å². The predicted octanol–water partition coefficient (Wildman–Crippen LogP) is 22.6. The van der Waals surface area contributed by atoms with E-state index in [0.29, 0.717) is 182 Å². The molecule has 0 fully saturated rings. The third-order valence-electron chi connectivity index (χ3n) is 23.9. The van der Waals surface area contributed by atoms with Gasteiger partial charge in [-0.05, 0) is 158 Å². The molecule has 0 bridgehead atoms. The van der Waals surface area contributed by atoms with Crippen molar-refractivity contribution in [1.82, 2.24) is 24.9 Å². The first-order valence-electron chi connectivity index (χ1n) is 44.7. The summed E-state index contributed by atoms with van der Waals surface area (Å²) < 4.78 is 79.0. The van der Waals surface area contributed by atoms with E-state index in [1.54, 1.807) is 201 Å². The average Bonchev–Trinajstić information content (AvgIpc) is 0.779. The van der Waals surface area contributed by atoms with Crippen molar-refractivity contribution in [3.05, 3.63) is 278 Å². The van der Waals surface area contributed by atoms with Crippen LogP contribution in [0.2, 0.25) is 0 Å². The summed E-state index contributed by atoms with van der Waals surface area (Å²) in [4.78, 5) is 29.3. The molecule has 20 rings (SSSR count). The molecule has 0 amide bonds. The van der Waals surface area contributed by atoms with Crippen molar-refractivity contribution >= 4 is 140 Å². The summed E-state index contributed by atoms with van der Waals surface area (Å²) in [6.45, 7) is 0. The number of nitrogens with two attached hydrogens (primary N) is 10. The smallest absolute Gasteiger partial charge is 0.228 e. The Morgan fingerprint density at radius 1 is 0.253 bits per heavy atom. The summed E-state index contributed by atoms with van der Waals surface area (Å²) >= 11 is 11.3. The van der Waals surface area contributed by atoms with Crippen LogP contribution in [0.25, 0.3) is 0 Å². The number of methoxy groups -OCH3 is 9. The van der Waals surface area contributed by atoms with Gasteiger partial charge in [0.25, 0.3) is 0 Å². The number of fused-ring (bicyclic) bond motifs is 10. The predicted molar refractivity (Wildman–Crippen MR) is 601 cm³/mol. The minimum absolute atomic E-state index is 0. The summed E-state index contributed by atoms with van der Waals surface area (Å²) in [5.74, 6) is 23.9. The minimum atomic E-state index is -0.312. The molecule has 5 atom stereocenters. The summed E-state index contributed by atoms with van der Waals surface area (Å²) in [5.41, 5.74) is 73.6. The fourth-order valence-corrected chi connectivity index (χ4v) is 23.5. The largest absolute Gasteiger partial charge is 0.508 e. The van der Waals surface area contributed by atoms with Gasteiger partial charge in [-0.3, -0.25) is 0 Å². The Kier molecular flexibility index (Phi) is 33.5. The average molecular weight is 2140 g/mol. The maximum absolute atomic E-state index is 9.88. The van der Waals surface area contributed by atoms with E-state index in [4.69, 9.17) is 156 Å². The third kappa shape index (κ3) is 21.8. The van der Waals surface area contributed by atoms with Gasteiger partial charge in [-0.1, -0.05) is 49.2 Å². The van der Waals surface area contributed by atoms with E-state index >= 15 is 0 Å². The molecule has 5 aromatic heterocycles. The van der Waals surface area contributed by atoms with Gasteiger partial charge in [-0.15, -0.1) is 114 Å². The van der Waals surface area contributed by atoms with E-state index < -0.39 is 0 Å². The van der Waals surface area contributed by atoms with Crippen LogP contribution in [-0.2, 0) is 0 Å². The molecule has 0 saturated carbocycles. The molecule has 31 nitrogen and oxygen atoms in total. The van der Waals surface area contributed by atoms with Crippen molar-refractivity contribution in [3.63, 3.8) is 0 Å². The molecule has 5 aliphatic rings. The number of nitrogens with zero attached hydrogens (tertiary/aromatic N) is 5. The zero-order chi connectivity index (χ0) is 106. The molecule has 0 radical (unpaired) electrons. The molecule has 38 heteroatoms. The molecule has 0 aliphatic carbocycles. The van der Waals surface area contributed by atoms with Crippen molar-refractivity contribution in [3.8, 4) is 183 Å². The number of phenols is 2. The van der Waals surface area contributed by atoms with Gasteiger partial charge >= 0.3 is 0 Å². The van der Waals surface area contributed by atoms with Gasteiger partial charge < -0.3 is 134 Å². The Labute approximate surface area is 897 Å². The summed E-state index contributed by atoms with van der Waals surface area (Å²) in [7, 11) is 14.3. The molecule has 10 aromatic carbocycles. The number of nitrogen functional groups attached to an aromatic ring is 10. The van der Waals surface area contributed by atoms with Crippen LogP contribution in [0.5, 0.6) is 121 Å². The first kappa shape index (κ1) is 107. The standard InChI is InChI=1S/2C23H21N3O4S.C23H21N3O3S2.C21H17N3O3S.C21H17N3O2S2.CH4/c1-5-15-20(24)19-21(31-14-8-6-12(27-2)7-9-14)18-16(29-4)10-13(28-3)11-17(18)30-23(19)26-22(15)25;1-5-14-20(24)19-21(31-13-8-6-12(27-2)7-9-13)15-10-17(28-3)18(29-4)11-16(15)30-23(19)26-22(14)25;1-5-14-20(24)19-21(31-13-8-6-12(30-4)7-9-13)15-10-17(27-2)18(28-3)11-16(15)29-23(19)26-22(14)25;1-3-14-18(22)17-19(28-13-7-4-11(25)5-8-13)15-9-6-12(26-2)10-16(15)27-21(17)24-20(14)23;1-3-14-18(22)17-19(28-13-7-5-12(27-2)6-8-13)15-9-4-11(25)10-16(15)26-21(17)24-20(14)23;/h3*1,6-11,21H,2-4H3,(H4,24,25,26);2*1,4-10,19,25H,2H3,(H4,22,23,24);1H4. The van der Waals surface area contributed by atoms with Crippen LogP contribution in [0.15, 0.2) is 228 Å². The van der Waals surface area contributed by atoms with E-state index in [1.807, 2.05) is 104 Å². The number of benzene rings is 10. The zero-order valence-electron chi connectivity index (χ0n) is 81.7. The zero-order valence-corrected chi connectivity index (χ0v) is 87.4. The summed E-state index contributed by atoms with van der Waals surface area (Å²) in [5, 5.41) is 18.2. The van der Waals surface area contributed by atoms with Gasteiger partial charge in [0.15, 0.2) is 23.0 Å². The maximum atomic E-state index is 9.88. The quantitative estimate of drug-likeness (QED) is 0.0235. The molecule has 10 heterocycles. The van der Waals surface area contributed by atoms with Crippen LogP contribution in [0.4, 0.5) is 57.5 Å². The van der Waals surface area contributed by atoms with Gasteiger partial charge in [0.1, 0.15) is 98.1 Å². The van der Waals surface area contributed by atoms with Crippen molar-refractivity contribution < 1.29 is 76.5 Å². The number of hydrogen-bond acceptors (Lipinski definition) is 38. The lowest BCUT2D eigenvalue weighted by molar-refractivity contribution is 0.349. The van der Waals surface area contributed by atoms with E-state index in [9.17, 15) is 10.2 Å². The Hall–Kier alpha value is -17.0. The second-order valence-corrected chi connectivity index (χ2v) is 39.9. The summed E-state index contributed by atoms with van der Waals surface area (Å²) in [6.07, 6.45) is 32.2. The Morgan fingerprint density at radius 3 is 0.813 bits per heavy atom. The van der Waals surface area contributed by atoms with Gasteiger partial charge in [-0.25, -0.2) is 0 Å². The van der Waals surface area contributed by atoms with Crippen molar-refractivity contribution in [2.75, 3.05) is 134 Å². The third-order valence-corrected chi connectivity index (χ3v) is 31.7. The van der Waals surface area contributed by atoms with Crippen LogP contribution < -0.4 is 124 Å². The van der Waals surface area contributed by atoms with E-state index in [1.165, 1.54) is 9.79 Å². The summed E-state index contributed by atoms with van der Waals surface area (Å²) in [6, 6.07) is 60.5. The first-order valence-corrected chi connectivity index (χ1v) is 51.5. The lowest BCUT2D eigenvalue weighted by atomic mass is 9.97. The molecule has 0 spiro atoms. The molecular formula is C112H101N15O16S7. The highest BCUT2D eigenvalue weighted by Crippen LogP contribution is 2.63. The van der Waals surface area contributed by atoms with Crippen LogP contribution >= 0.6 is 82.3 Å². The number of anilines is 10. The molecule has 762 valence electrons. The SMILES string of the molecule is C.C#Cc1c(N)nc2c(c1N)C(Sc1ccc(O)cc1)c1ccc(OC)cc1O2.C#Cc1c(N)nc2c(c1N)C(Sc1ccc(OC)cc1)c1c(OC)cc(OC)cc1O2.C#Cc1c(N)nc2c(c1N)C(Sc1ccc(OC)cc1)c1cc(OC)c(OC)cc1O2.C#Cc1c(N)nc2c(c1N)C(Sc1ccc(SC)cc1)c1cc(OC)c(OC)cc1O2.C#Cc1c(N)nc2c(c1N)C(Sc1ccc(SC)cc1)c1ccc(O)cc1O2. The van der Waals surface area contributed by atoms with E-state index in [0.717, 1.165) is 63.8 Å². The monoisotopic (exact) mass is 2140 g/mol. The van der Waals surface area contributed by atoms with Crippen molar-refractivity contribution in [1.29, 1.82) is 0 Å². The van der Waals surface area contributed by atoms with Crippen LogP contribution in [0, 0.1) is 61.7 Å². The van der Waals surface area contributed by atoms with E-state index in [-0.39, 0.29) is 74.3 Å². The number of aromatic hydroxyl groups is 2. The second-order valence-electron chi connectivity index (χ2n) is 32.3. The highest BCUT2D eigenvalue weighted by molar-refractivity contribution is 8.01. The Balaban J connectivity index is 0.000000140. The lowest BCUT2D eigenvalue weighted by Crippen LogP contribution is -2.15. The van der Waals surface area contributed by atoms with Crippen molar-refractivity contribution in [2.24, 2.45) is 0 Å². The molecule has 15 aromatic rings. The number of hydrogen-bond donors (Lipinski definition) is 12. The molecule has 5 unspecified atom stereocenters. The lowest BCUT2D eigenvalue weighted by Gasteiger charge is -2.30. The van der Waals surface area contributed by atoms with Gasteiger partial charge in [0.2, 0.25) is 29.4 Å². The number of pyridine rings is 5. The van der Waals surface area contributed by atoms with Gasteiger partial charge in [-0.2, -0.15) is 24.9 Å². The van der Waals surface area contributed by atoms with E-state index in [2.05, 4.69) is 103 Å². The number of ether oxygens (including phenoxy) is 14. The number of terminal acetylenes is 5. The highest BCUT2D eigenvalue weighted by Gasteiger charge is 2.42. The number of thioether (sulfide) groups is 7. The molecule has 0 saturated heterocycles. The first-order chi connectivity index (χ1) is 72.0. The maximum Gasteiger partial charge on any atom is 0.228 e. The van der Waals surface area contributed by atoms with Crippen LogP contribution in [0.1, 0.15) is 117 Å². The Morgan fingerprint density at radius 2 is 0.500 bits per heavy atom. The fourth-order valence-electron chi connectivity index (χ4n) is 16.5. The van der Waals surface area contributed by atoms with Crippen molar-refractivity contribution in [2.45, 2.75) is 67.9 Å². The molecule has 22 N–H and O–H groups in total. The fraction of sp³-hybridized carbons (Fsp3) is 0.152. The molecule has 5 aliphatic heterocycles. The number of rotatable bonds is 21.